The first-order chi connectivity index (χ1) is 9.06. The third-order valence-electron chi connectivity index (χ3n) is 3.12. The van der Waals surface area contributed by atoms with E-state index in [9.17, 15) is 0 Å². The molecule has 0 spiro atoms. The SMILES string of the molecule is Cc1ccc(C)c(OBOc2cc(C)ccc2C)c1. The Hall–Kier alpha value is -1.90. The first-order valence-electron chi connectivity index (χ1n) is 6.46. The highest BCUT2D eigenvalue weighted by Gasteiger charge is 2.05. The molecule has 0 bridgehead atoms. The molecule has 0 atom stereocenters. The third-order valence-corrected chi connectivity index (χ3v) is 3.12. The van der Waals surface area contributed by atoms with Crippen molar-refractivity contribution < 1.29 is 9.31 Å². The molecule has 0 aromatic heterocycles. The van der Waals surface area contributed by atoms with Crippen molar-refractivity contribution in [2.45, 2.75) is 27.7 Å². The monoisotopic (exact) mass is 254 g/mol. The summed E-state index contributed by atoms with van der Waals surface area (Å²) in [6.45, 7) is 8.18. The Balaban J connectivity index is 2.00. The maximum absolute atomic E-state index is 5.69. The van der Waals surface area contributed by atoms with Gasteiger partial charge in [-0.25, -0.2) is 0 Å². The van der Waals surface area contributed by atoms with E-state index in [1.807, 2.05) is 26.0 Å². The van der Waals surface area contributed by atoms with E-state index in [1.54, 1.807) is 0 Å². The van der Waals surface area contributed by atoms with E-state index >= 15 is 0 Å². The molecule has 0 aliphatic rings. The average molecular weight is 254 g/mol. The minimum absolute atomic E-state index is 0.231. The fourth-order valence-corrected chi connectivity index (χ4v) is 1.88. The zero-order valence-corrected chi connectivity index (χ0v) is 12.0. The highest BCUT2D eigenvalue weighted by Crippen LogP contribution is 2.21. The summed E-state index contributed by atoms with van der Waals surface area (Å²) in [5.41, 5.74) is 4.62. The van der Waals surface area contributed by atoms with E-state index in [2.05, 4.69) is 38.1 Å². The topological polar surface area (TPSA) is 18.5 Å². The Labute approximate surface area is 115 Å². The van der Waals surface area contributed by atoms with Gasteiger partial charge in [0.2, 0.25) is 0 Å². The van der Waals surface area contributed by atoms with Crippen LogP contribution in [0.1, 0.15) is 22.3 Å². The number of hydrogen-bond acceptors (Lipinski definition) is 2. The third kappa shape index (κ3) is 3.54. The van der Waals surface area contributed by atoms with Crippen molar-refractivity contribution in [3.05, 3.63) is 58.7 Å². The standard InChI is InChI=1S/C16H19BO2/c1-11-5-7-13(3)15(9-11)18-17-19-16-10-12(2)6-8-14(16)4/h5-10,17H,1-4H3. The van der Waals surface area contributed by atoms with E-state index < -0.39 is 0 Å². The maximum Gasteiger partial charge on any atom is 0.576 e. The summed E-state index contributed by atoms with van der Waals surface area (Å²) < 4.78 is 11.4. The lowest BCUT2D eigenvalue weighted by molar-refractivity contribution is 0.455. The maximum atomic E-state index is 5.69. The van der Waals surface area contributed by atoms with Crippen LogP contribution in [-0.4, -0.2) is 7.69 Å². The first kappa shape index (κ1) is 13.5. The van der Waals surface area contributed by atoms with Crippen LogP contribution >= 0.6 is 0 Å². The van der Waals surface area contributed by atoms with Crippen LogP contribution in [0, 0.1) is 27.7 Å². The van der Waals surface area contributed by atoms with Crippen LogP contribution in [0.3, 0.4) is 0 Å². The molecule has 2 rings (SSSR count). The van der Waals surface area contributed by atoms with Gasteiger partial charge >= 0.3 is 7.69 Å². The van der Waals surface area contributed by atoms with E-state index in [0.29, 0.717) is 0 Å². The molecule has 0 saturated carbocycles. The Morgan fingerprint density at radius 3 is 1.53 bits per heavy atom. The molecule has 0 unspecified atom stereocenters. The van der Waals surface area contributed by atoms with Crippen molar-refractivity contribution in [1.29, 1.82) is 0 Å². The van der Waals surface area contributed by atoms with Crippen molar-refractivity contribution >= 4 is 7.69 Å². The summed E-state index contributed by atoms with van der Waals surface area (Å²) >= 11 is 0. The summed E-state index contributed by atoms with van der Waals surface area (Å²) in [5.74, 6) is 1.76. The van der Waals surface area contributed by atoms with Gasteiger partial charge in [0.25, 0.3) is 0 Å². The number of hydrogen-bond donors (Lipinski definition) is 0. The van der Waals surface area contributed by atoms with Gasteiger partial charge in [-0.3, -0.25) is 0 Å². The van der Waals surface area contributed by atoms with Crippen molar-refractivity contribution in [1.82, 2.24) is 0 Å². The molecule has 0 heterocycles. The van der Waals surface area contributed by atoms with Crippen LogP contribution in [0.2, 0.25) is 0 Å². The lowest BCUT2D eigenvalue weighted by Crippen LogP contribution is -2.12. The Kier molecular flexibility index (Phi) is 4.15. The van der Waals surface area contributed by atoms with Crippen LogP contribution in [0.25, 0.3) is 0 Å². The Bertz CT molecular complexity index is 527. The van der Waals surface area contributed by atoms with E-state index in [-0.39, 0.29) is 7.69 Å². The van der Waals surface area contributed by atoms with Gasteiger partial charge < -0.3 is 9.31 Å². The summed E-state index contributed by atoms with van der Waals surface area (Å²) in [5, 5.41) is 0. The van der Waals surface area contributed by atoms with Gasteiger partial charge in [-0.15, -0.1) is 0 Å². The first-order valence-corrected chi connectivity index (χ1v) is 6.46. The molecule has 2 aromatic carbocycles. The van der Waals surface area contributed by atoms with Crippen molar-refractivity contribution in [3.63, 3.8) is 0 Å². The van der Waals surface area contributed by atoms with Crippen molar-refractivity contribution in [3.8, 4) is 11.5 Å². The van der Waals surface area contributed by atoms with Gasteiger partial charge in [-0.1, -0.05) is 24.3 Å². The molecular weight excluding hydrogens is 235 g/mol. The Morgan fingerprint density at radius 1 is 0.684 bits per heavy atom. The van der Waals surface area contributed by atoms with Gasteiger partial charge in [0.1, 0.15) is 11.5 Å². The Morgan fingerprint density at radius 2 is 1.11 bits per heavy atom. The van der Waals surface area contributed by atoms with Crippen LogP contribution in [0.4, 0.5) is 0 Å². The lowest BCUT2D eigenvalue weighted by Gasteiger charge is -2.12. The smallest absolute Gasteiger partial charge is 0.528 e. The number of aryl methyl sites for hydroxylation is 4. The summed E-state index contributed by atoms with van der Waals surface area (Å²) in [4.78, 5) is 0. The van der Waals surface area contributed by atoms with Crippen LogP contribution in [0.5, 0.6) is 11.5 Å². The summed E-state index contributed by atoms with van der Waals surface area (Å²) in [6, 6.07) is 12.3. The van der Waals surface area contributed by atoms with Gasteiger partial charge in [0, 0.05) is 0 Å². The fourth-order valence-electron chi connectivity index (χ4n) is 1.88. The molecular formula is C16H19BO2. The molecule has 0 aliphatic carbocycles. The second kappa shape index (κ2) is 5.83. The molecule has 2 nitrogen and oxygen atoms in total. The predicted molar refractivity (Wildman–Crippen MR) is 80.2 cm³/mol. The minimum atomic E-state index is 0.231. The second-order valence-electron chi connectivity index (χ2n) is 4.94. The molecule has 0 radical (unpaired) electrons. The van der Waals surface area contributed by atoms with Gasteiger partial charge in [0.05, 0.1) is 0 Å². The summed E-state index contributed by atoms with van der Waals surface area (Å²) in [6.07, 6.45) is 0. The lowest BCUT2D eigenvalue weighted by atomic mass is 10.1. The molecule has 3 heteroatoms. The molecule has 2 aromatic rings. The van der Waals surface area contributed by atoms with E-state index in [1.165, 1.54) is 11.1 Å². The summed E-state index contributed by atoms with van der Waals surface area (Å²) in [7, 11) is 0.231. The van der Waals surface area contributed by atoms with Crippen LogP contribution in [0.15, 0.2) is 36.4 Å². The van der Waals surface area contributed by atoms with Crippen molar-refractivity contribution in [2.75, 3.05) is 0 Å². The molecule has 98 valence electrons. The molecule has 0 amide bonds. The predicted octanol–water partition coefficient (Wildman–Crippen LogP) is 3.64. The molecule has 0 saturated heterocycles. The van der Waals surface area contributed by atoms with Gasteiger partial charge in [0.15, 0.2) is 0 Å². The molecule has 0 aliphatic heterocycles. The van der Waals surface area contributed by atoms with Gasteiger partial charge in [-0.2, -0.15) is 0 Å². The van der Waals surface area contributed by atoms with Crippen molar-refractivity contribution in [2.24, 2.45) is 0 Å². The van der Waals surface area contributed by atoms with E-state index in [4.69, 9.17) is 9.31 Å². The number of rotatable bonds is 4. The normalized spacial score (nSPS) is 10.1. The molecule has 19 heavy (non-hydrogen) atoms. The zero-order chi connectivity index (χ0) is 13.8. The zero-order valence-electron chi connectivity index (χ0n) is 12.0. The van der Waals surface area contributed by atoms with Crippen LogP contribution in [-0.2, 0) is 0 Å². The highest BCUT2D eigenvalue weighted by molar-refractivity contribution is 6.20. The number of benzene rings is 2. The fraction of sp³-hybridized carbons (Fsp3) is 0.250. The second-order valence-corrected chi connectivity index (χ2v) is 4.94. The molecule has 0 fully saturated rings. The molecule has 0 N–H and O–H groups in total. The largest absolute Gasteiger partial charge is 0.576 e. The van der Waals surface area contributed by atoms with Gasteiger partial charge in [-0.05, 0) is 62.1 Å². The van der Waals surface area contributed by atoms with Crippen LogP contribution < -0.4 is 9.31 Å². The van der Waals surface area contributed by atoms with E-state index in [0.717, 1.165) is 22.6 Å². The quantitative estimate of drug-likeness (QED) is 0.775. The minimum Gasteiger partial charge on any atom is -0.528 e. The average Bonchev–Trinajstić information content (AvgIpc) is 2.38. The highest BCUT2D eigenvalue weighted by atomic mass is 16.6.